The number of nitrogens with zero attached hydrogens (tertiary/aromatic N) is 2. The van der Waals surface area contributed by atoms with Crippen LogP contribution < -0.4 is 9.62 Å². The van der Waals surface area contributed by atoms with Gasteiger partial charge in [-0.2, -0.15) is 13.2 Å². The van der Waals surface area contributed by atoms with Gasteiger partial charge in [-0.15, -0.1) is 0 Å². The number of alkyl halides is 3. The van der Waals surface area contributed by atoms with Gasteiger partial charge in [0, 0.05) is 26.1 Å². The molecular weight excluding hydrogens is 502 g/mol. The van der Waals surface area contributed by atoms with E-state index >= 15 is 0 Å². The number of rotatable bonds is 11. The predicted molar refractivity (Wildman–Crippen MR) is 128 cm³/mol. The van der Waals surface area contributed by atoms with Crippen LogP contribution in [0, 0.1) is 5.82 Å². The maximum Gasteiger partial charge on any atom is 0.416 e. The second-order valence-corrected chi connectivity index (χ2v) is 10.1. The molecule has 198 valence electrons. The minimum Gasteiger partial charge on any atom is -0.355 e. The number of carbonyl (C=O) groups is 2. The lowest BCUT2D eigenvalue weighted by Crippen LogP contribution is -2.47. The summed E-state index contributed by atoms with van der Waals surface area (Å²) in [6, 6.07) is 8.50. The highest BCUT2D eigenvalue weighted by Gasteiger charge is 2.32. The van der Waals surface area contributed by atoms with Crippen LogP contribution in [0.4, 0.5) is 23.2 Å². The number of amides is 2. The fraction of sp³-hybridized carbons (Fsp3) is 0.417. The summed E-state index contributed by atoms with van der Waals surface area (Å²) >= 11 is 0. The van der Waals surface area contributed by atoms with Crippen molar-refractivity contribution in [2.24, 2.45) is 0 Å². The average molecular weight is 532 g/mol. The van der Waals surface area contributed by atoms with Crippen LogP contribution in [0.3, 0.4) is 0 Å². The highest BCUT2D eigenvalue weighted by atomic mass is 32.2. The van der Waals surface area contributed by atoms with Gasteiger partial charge in [0.2, 0.25) is 21.8 Å². The predicted octanol–water partition coefficient (Wildman–Crippen LogP) is 3.94. The van der Waals surface area contributed by atoms with E-state index in [1.165, 1.54) is 42.2 Å². The number of anilines is 1. The van der Waals surface area contributed by atoms with Crippen molar-refractivity contribution in [3.05, 3.63) is 65.5 Å². The van der Waals surface area contributed by atoms with Gasteiger partial charge in [-0.1, -0.05) is 18.2 Å². The molecule has 0 fully saturated rings. The first kappa shape index (κ1) is 29.1. The summed E-state index contributed by atoms with van der Waals surface area (Å²) < 4.78 is 78.0. The number of carbonyl (C=O) groups excluding carboxylic acids is 2. The molecule has 12 heteroatoms. The first-order chi connectivity index (χ1) is 16.7. The lowest BCUT2D eigenvalue weighted by Gasteiger charge is -2.29. The van der Waals surface area contributed by atoms with Crippen molar-refractivity contribution in [1.82, 2.24) is 10.2 Å². The number of halogens is 4. The number of sulfonamides is 1. The van der Waals surface area contributed by atoms with Crippen molar-refractivity contribution >= 4 is 27.5 Å². The molecule has 36 heavy (non-hydrogen) atoms. The number of hydrogen-bond acceptors (Lipinski definition) is 4. The van der Waals surface area contributed by atoms with Gasteiger partial charge in [0.05, 0.1) is 17.5 Å². The summed E-state index contributed by atoms with van der Waals surface area (Å²) in [6.07, 6.45) is -3.96. The minimum absolute atomic E-state index is 0.00974. The molecule has 1 atom stereocenters. The third-order valence-electron chi connectivity index (χ3n) is 5.40. The second-order valence-electron chi connectivity index (χ2n) is 8.21. The largest absolute Gasteiger partial charge is 0.416 e. The summed E-state index contributed by atoms with van der Waals surface area (Å²) in [4.78, 5) is 26.8. The van der Waals surface area contributed by atoms with Gasteiger partial charge in [0.25, 0.3) is 0 Å². The van der Waals surface area contributed by atoms with E-state index in [1.807, 2.05) is 0 Å². The molecule has 2 aromatic rings. The Hall–Kier alpha value is -3.15. The van der Waals surface area contributed by atoms with Crippen LogP contribution in [0.1, 0.15) is 37.8 Å². The van der Waals surface area contributed by atoms with Crippen LogP contribution in [-0.4, -0.2) is 50.5 Å². The van der Waals surface area contributed by atoms with Crippen molar-refractivity contribution in [1.29, 1.82) is 0 Å². The molecule has 0 saturated carbocycles. The van der Waals surface area contributed by atoms with Gasteiger partial charge in [-0.3, -0.25) is 13.9 Å². The Morgan fingerprint density at radius 1 is 1.08 bits per heavy atom. The molecule has 2 aromatic carbocycles. The van der Waals surface area contributed by atoms with Crippen molar-refractivity contribution in [2.45, 2.75) is 45.5 Å². The van der Waals surface area contributed by atoms with Crippen molar-refractivity contribution < 1.29 is 35.6 Å². The van der Waals surface area contributed by atoms with E-state index in [4.69, 9.17) is 0 Å². The SMILES string of the molecule is CCNC(=O)[C@H](C)N(Cc1ccc(F)cc1)C(=O)CCCN(c1cccc(C(F)(F)F)c1)S(C)(=O)=O. The average Bonchev–Trinajstić information content (AvgIpc) is 2.79. The van der Waals surface area contributed by atoms with Crippen LogP contribution in [-0.2, 0) is 32.3 Å². The van der Waals surface area contributed by atoms with E-state index in [0.717, 1.165) is 28.8 Å². The summed E-state index contributed by atoms with van der Waals surface area (Å²) in [5.41, 5.74) is -0.577. The maximum absolute atomic E-state index is 13.3. The Kier molecular flexibility index (Phi) is 9.85. The first-order valence-corrected chi connectivity index (χ1v) is 13.1. The standard InChI is InChI=1S/C24H29F4N3O4S/c1-4-29-23(33)17(2)30(16-18-10-12-20(25)13-11-18)22(32)9-6-14-31(36(3,34)35)21-8-5-7-19(15-21)24(26,27)28/h5,7-8,10-13,15,17H,4,6,9,14,16H2,1-3H3,(H,29,33)/t17-/m0/s1. The third-order valence-corrected chi connectivity index (χ3v) is 6.59. The highest BCUT2D eigenvalue weighted by molar-refractivity contribution is 7.92. The lowest BCUT2D eigenvalue weighted by atomic mass is 10.1. The molecule has 0 aliphatic carbocycles. The fourth-order valence-electron chi connectivity index (χ4n) is 3.53. The topological polar surface area (TPSA) is 86.8 Å². The fourth-order valence-corrected chi connectivity index (χ4v) is 4.49. The molecule has 1 N–H and O–H groups in total. The van der Waals surface area contributed by atoms with E-state index in [1.54, 1.807) is 6.92 Å². The molecule has 0 aliphatic rings. The Morgan fingerprint density at radius 3 is 2.28 bits per heavy atom. The number of benzene rings is 2. The zero-order chi connectivity index (χ0) is 27.1. The Bertz CT molecular complexity index is 1150. The number of likely N-dealkylation sites (N-methyl/N-ethyl adjacent to an activating group) is 1. The summed E-state index contributed by atoms with van der Waals surface area (Å²) in [7, 11) is -3.95. The zero-order valence-electron chi connectivity index (χ0n) is 20.2. The monoisotopic (exact) mass is 531 g/mol. The van der Waals surface area contributed by atoms with E-state index < -0.39 is 45.4 Å². The van der Waals surface area contributed by atoms with Gasteiger partial charge >= 0.3 is 6.18 Å². The quantitative estimate of drug-likeness (QED) is 0.445. The van der Waals surface area contributed by atoms with Gasteiger partial charge in [0.1, 0.15) is 11.9 Å². The summed E-state index contributed by atoms with van der Waals surface area (Å²) in [5.74, 6) is -1.31. The second kappa shape index (κ2) is 12.2. The highest BCUT2D eigenvalue weighted by Crippen LogP contribution is 2.32. The Morgan fingerprint density at radius 2 is 1.72 bits per heavy atom. The molecule has 0 aromatic heterocycles. The minimum atomic E-state index is -4.65. The zero-order valence-corrected chi connectivity index (χ0v) is 21.0. The molecule has 0 spiro atoms. The number of hydrogen-bond donors (Lipinski definition) is 1. The summed E-state index contributed by atoms with van der Waals surface area (Å²) in [5, 5.41) is 2.64. The van der Waals surface area contributed by atoms with E-state index in [2.05, 4.69) is 5.32 Å². The molecular formula is C24H29F4N3O4S. The third kappa shape index (κ3) is 8.21. The maximum atomic E-state index is 13.3. The molecule has 2 amide bonds. The smallest absolute Gasteiger partial charge is 0.355 e. The van der Waals surface area contributed by atoms with E-state index in [-0.39, 0.29) is 31.6 Å². The van der Waals surface area contributed by atoms with Crippen LogP contribution in [0.15, 0.2) is 48.5 Å². The molecule has 2 rings (SSSR count). The Balaban J connectivity index is 2.19. The van der Waals surface area contributed by atoms with Gasteiger partial charge in [0.15, 0.2) is 0 Å². The van der Waals surface area contributed by atoms with Crippen LogP contribution in [0.2, 0.25) is 0 Å². The van der Waals surface area contributed by atoms with Gasteiger partial charge < -0.3 is 10.2 Å². The van der Waals surface area contributed by atoms with Crippen LogP contribution in [0.25, 0.3) is 0 Å². The molecule has 0 heterocycles. The van der Waals surface area contributed by atoms with Crippen molar-refractivity contribution in [2.75, 3.05) is 23.7 Å². The normalized spacial score (nSPS) is 12.6. The van der Waals surface area contributed by atoms with E-state index in [0.29, 0.717) is 12.1 Å². The molecule has 7 nitrogen and oxygen atoms in total. The van der Waals surface area contributed by atoms with E-state index in [9.17, 15) is 35.6 Å². The molecule has 0 unspecified atom stereocenters. The molecule has 0 saturated heterocycles. The first-order valence-electron chi connectivity index (χ1n) is 11.2. The summed E-state index contributed by atoms with van der Waals surface area (Å²) in [6.45, 7) is 3.39. The van der Waals surface area contributed by atoms with Gasteiger partial charge in [-0.05, 0) is 56.2 Å². The molecule has 0 radical (unpaired) electrons. The molecule has 0 aliphatic heterocycles. The lowest BCUT2D eigenvalue weighted by molar-refractivity contribution is -0.140. The molecule has 0 bridgehead atoms. The Labute approximate surface area is 208 Å². The van der Waals surface area contributed by atoms with Crippen molar-refractivity contribution in [3.63, 3.8) is 0 Å². The van der Waals surface area contributed by atoms with Crippen molar-refractivity contribution in [3.8, 4) is 0 Å². The van der Waals surface area contributed by atoms with Gasteiger partial charge in [-0.25, -0.2) is 12.8 Å². The number of nitrogens with one attached hydrogen (secondary N) is 1. The van der Waals surface area contributed by atoms with Crippen LogP contribution >= 0.6 is 0 Å². The van der Waals surface area contributed by atoms with Crippen LogP contribution in [0.5, 0.6) is 0 Å².